The molecule has 3 aliphatic rings. The molecule has 2 aliphatic heterocycles. The van der Waals surface area contributed by atoms with Crippen molar-refractivity contribution in [2.45, 2.75) is 51.2 Å². The number of hydrogen-bond donors (Lipinski definition) is 3. The van der Waals surface area contributed by atoms with Gasteiger partial charge in [0.05, 0.1) is 6.04 Å². The molecule has 8 nitrogen and oxygen atoms in total. The maximum Gasteiger partial charge on any atom is 0.318 e. The van der Waals surface area contributed by atoms with Gasteiger partial charge in [-0.05, 0) is 43.9 Å². The van der Waals surface area contributed by atoms with Crippen LogP contribution in [0.5, 0.6) is 0 Å². The molecule has 174 valence electrons. The number of nitrogens with zero attached hydrogens (tertiary/aromatic N) is 2. The number of carbonyl (C=O) groups excluding carboxylic acids is 3. The van der Waals surface area contributed by atoms with E-state index in [-0.39, 0.29) is 42.0 Å². The van der Waals surface area contributed by atoms with E-state index in [9.17, 15) is 18.8 Å². The number of benzene rings is 1. The van der Waals surface area contributed by atoms with Gasteiger partial charge in [0.2, 0.25) is 5.91 Å². The topological polar surface area (TPSA) is 93.8 Å². The third-order valence-electron chi connectivity index (χ3n) is 6.65. The molecule has 0 radical (unpaired) electrons. The molecule has 0 bridgehead atoms. The summed E-state index contributed by atoms with van der Waals surface area (Å²) in [4.78, 5) is 41.2. The lowest BCUT2D eigenvalue weighted by Gasteiger charge is -2.47. The van der Waals surface area contributed by atoms with Crippen LogP contribution in [0.4, 0.5) is 14.0 Å². The average Bonchev–Trinajstić information content (AvgIpc) is 3.52. The molecule has 3 fully saturated rings. The number of urea groups is 2. The lowest BCUT2D eigenvalue weighted by molar-refractivity contribution is -0.120. The Bertz CT molecular complexity index is 940. The maximum absolute atomic E-state index is 14.3. The monoisotopic (exact) mass is 465 g/mol. The summed E-state index contributed by atoms with van der Waals surface area (Å²) < 4.78 is 14.3. The van der Waals surface area contributed by atoms with Gasteiger partial charge < -0.3 is 25.8 Å². The summed E-state index contributed by atoms with van der Waals surface area (Å²) in [6, 6.07) is 2.26. The van der Waals surface area contributed by atoms with E-state index in [1.165, 1.54) is 6.07 Å². The van der Waals surface area contributed by atoms with Gasteiger partial charge in [0.15, 0.2) is 0 Å². The summed E-state index contributed by atoms with van der Waals surface area (Å²) in [5.41, 5.74) is 0.721. The highest BCUT2D eigenvalue weighted by Gasteiger charge is 2.50. The van der Waals surface area contributed by atoms with Crippen LogP contribution in [0, 0.1) is 18.2 Å². The highest BCUT2D eigenvalue weighted by atomic mass is 35.5. The van der Waals surface area contributed by atoms with Gasteiger partial charge >= 0.3 is 12.1 Å². The minimum absolute atomic E-state index is 0.0292. The van der Waals surface area contributed by atoms with Crippen molar-refractivity contribution >= 4 is 29.6 Å². The number of carbonyl (C=O) groups is 3. The van der Waals surface area contributed by atoms with Crippen LogP contribution in [0.1, 0.15) is 36.8 Å². The van der Waals surface area contributed by atoms with Gasteiger partial charge in [-0.3, -0.25) is 4.79 Å². The van der Waals surface area contributed by atoms with Gasteiger partial charge in [-0.15, -0.1) is 0 Å². The Morgan fingerprint density at radius 3 is 2.72 bits per heavy atom. The predicted molar refractivity (Wildman–Crippen MR) is 118 cm³/mol. The second-order valence-corrected chi connectivity index (χ2v) is 9.64. The first-order chi connectivity index (χ1) is 15.2. The van der Waals surface area contributed by atoms with Crippen molar-refractivity contribution in [2.75, 3.05) is 26.7 Å². The number of nitrogens with one attached hydrogen (secondary N) is 3. The van der Waals surface area contributed by atoms with Gasteiger partial charge in [-0.25, -0.2) is 14.0 Å². The summed E-state index contributed by atoms with van der Waals surface area (Å²) in [6.07, 6.45) is 2.76. The molecule has 2 saturated heterocycles. The molecule has 2 unspecified atom stereocenters. The molecule has 1 aliphatic carbocycles. The van der Waals surface area contributed by atoms with Gasteiger partial charge in [-0.1, -0.05) is 11.6 Å². The minimum atomic E-state index is -0.461. The molecule has 4 rings (SSSR count). The number of hydrogen-bond acceptors (Lipinski definition) is 3. The first-order valence-electron chi connectivity index (χ1n) is 11.0. The molecule has 2 heterocycles. The highest BCUT2D eigenvalue weighted by molar-refractivity contribution is 6.31. The molecule has 5 amide bonds. The van der Waals surface area contributed by atoms with E-state index in [0.29, 0.717) is 43.1 Å². The fourth-order valence-electron chi connectivity index (χ4n) is 4.96. The Balaban J connectivity index is 1.52. The third-order valence-corrected chi connectivity index (χ3v) is 7.06. The highest BCUT2D eigenvalue weighted by Crippen LogP contribution is 2.40. The molecule has 32 heavy (non-hydrogen) atoms. The molecule has 2 atom stereocenters. The van der Waals surface area contributed by atoms with Crippen LogP contribution in [0.25, 0.3) is 0 Å². The van der Waals surface area contributed by atoms with Gasteiger partial charge in [0, 0.05) is 61.7 Å². The molecular weight excluding hydrogens is 437 g/mol. The average molecular weight is 466 g/mol. The Hall–Kier alpha value is -2.55. The number of likely N-dealkylation sites (tertiary alicyclic amines) is 1. The Labute approximate surface area is 191 Å². The fourth-order valence-corrected chi connectivity index (χ4v) is 5.11. The van der Waals surface area contributed by atoms with E-state index < -0.39 is 5.82 Å². The van der Waals surface area contributed by atoms with E-state index in [1.54, 1.807) is 29.8 Å². The summed E-state index contributed by atoms with van der Waals surface area (Å²) >= 11 is 5.97. The zero-order chi connectivity index (χ0) is 23.0. The van der Waals surface area contributed by atoms with Crippen molar-refractivity contribution in [3.05, 3.63) is 34.1 Å². The molecule has 1 saturated carbocycles. The lowest BCUT2D eigenvalue weighted by Crippen LogP contribution is -2.61. The van der Waals surface area contributed by atoms with Crippen LogP contribution in [0.3, 0.4) is 0 Å². The van der Waals surface area contributed by atoms with Crippen LogP contribution in [0.2, 0.25) is 5.02 Å². The molecule has 0 aromatic heterocycles. The molecular formula is C22H29ClFN5O3. The molecule has 3 N–H and O–H groups in total. The van der Waals surface area contributed by atoms with Crippen molar-refractivity contribution in [1.82, 2.24) is 25.8 Å². The summed E-state index contributed by atoms with van der Waals surface area (Å²) in [5.74, 6) is -0.490. The quantitative estimate of drug-likeness (QED) is 0.637. The van der Waals surface area contributed by atoms with E-state index in [2.05, 4.69) is 16.0 Å². The summed E-state index contributed by atoms with van der Waals surface area (Å²) in [6.45, 7) is 3.19. The Morgan fingerprint density at radius 2 is 2.09 bits per heavy atom. The zero-order valence-electron chi connectivity index (χ0n) is 18.3. The van der Waals surface area contributed by atoms with Crippen molar-refractivity contribution < 1.29 is 18.8 Å². The smallest absolute Gasteiger partial charge is 0.318 e. The van der Waals surface area contributed by atoms with Crippen molar-refractivity contribution in [1.29, 1.82) is 0 Å². The largest absolute Gasteiger partial charge is 0.355 e. The van der Waals surface area contributed by atoms with Gasteiger partial charge in [0.25, 0.3) is 0 Å². The summed E-state index contributed by atoms with van der Waals surface area (Å²) in [7, 11) is 1.57. The summed E-state index contributed by atoms with van der Waals surface area (Å²) in [5, 5.41) is 8.74. The third kappa shape index (κ3) is 4.62. The van der Waals surface area contributed by atoms with E-state index in [1.807, 2.05) is 0 Å². The second-order valence-electron chi connectivity index (χ2n) is 9.24. The van der Waals surface area contributed by atoms with Crippen LogP contribution in [-0.4, -0.2) is 66.5 Å². The molecule has 1 aromatic carbocycles. The molecule has 1 spiro atoms. The predicted octanol–water partition coefficient (Wildman–Crippen LogP) is 2.38. The van der Waals surface area contributed by atoms with Crippen LogP contribution in [-0.2, 0) is 11.3 Å². The van der Waals surface area contributed by atoms with E-state index in [0.717, 1.165) is 18.4 Å². The number of piperidine rings is 1. The lowest BCUT2D eigenvalue weighted by atomic mass is 9.76. The number of aryl methyl sites for hydroxylation is 1. The maximum atomic E-state index is 14.3. The first kappa shape index (κ1) is 22.6. The number of halogens is 2. The van der Waals surface area contributed by atoms with E-state index >= 15 is 0 Å². The van der Waals surface area contributed by atoms with Crippen LogP contribution < -0.4 is 16.0 Å². The standard InChI is InChI=1S/C22H29ClFN5O3/c1-13-5-14(18(24)6-17(13)23)9-26-21(32)29(15-3-4-15)16-7-22(8-19(30)27-11-22)12-28(10-16)20(31)25-2/h5-6,15-16H,3-4,7-12H2,1-2H3,(H,25,31)(H,26,32)(H,27,30). The van der Waals surface area contributed by atoms with Gasteiger partial charge in [0.1, 0.15) is 5.82 Å². The fraction of sp³-hybridized carbons (Fsp3) is 0.591. The molecule has 10 heteroatoms. The number of rotatable bonds is 4. The second kappa shape index (κ2) is 8.77. The van der Waals surface area contributed by atoms with Gasteiger partial charge in [-0.2, -0.15) is 0 Å². The Kier molecular flexibility index (Phi) is 6.20. The van der Waals surface area contributed by atoms with Crippen molar-refractivity contribution in [3.8, 4) is 0 Å². The van der Waals surface area contributed by atoms with Crippen LogP contribution in [0.15, 0.2) is 12.1 Å². The molecule has 1 aromatic rings. The zero-order valence-corrected chi connectivity index (χ0v) is 19.1. The normalized spacial score (nSPS) is 24.9. The minimum Gasteiger partial charge on any atom is -0.355 e. The van der Waals surface area contributed by atoms with Crippen molar-refractivity contribution in [3.63, 3.8) is 0 Å². The van der Waals surface area contributed by atoms with Crippen LogP contribution >= 0.6 is 11.6 Å². The first-order valence-corrected chi connectivity index (χ1v) is 11.3. The van der Waals surface area contributed by atoms with E-state index in [4.69, 9.17) is 11.6 Å². The Morgan fingerprint density at radius 1 is 1.34 bits per heavy atom. The van der Waals surface area contributed by atoms with Crippen molar-refractivity contribution in [2.24, 2.45) is 5.41 Å². The SMILES string of the molecule is CNC(=O)N1CC(N(C(=O)NCc2cc(C)c(Cl)cc2F)C2CC2)CC2(CNC(=O)C2)C1. The number of amides is 5.